The lowest BCUT2D eigenvalue weighted by molar-refractivity contribution is 0.416. The molecule has 6 heteroatoms. The molecule has 0 spiro atoms. The smallest absolute Gasteiger partial charge is 0.143 e. The number of benzene rings is 1. The number of aromatic nitrogens is 2. The Balaban J connectivity index is 2.13. The molecular weight excluding hydrogens is 318 g/mol. The zero-order valence-electron chi connectivity index (χ0n) is 12.8. The van der Waals surface area contributed by atoms with Gasteiger partial charge < -0.3 is 10.1 Å². The van der Waals surface area contributed by atoms with Crippen LogP contribution in [0.15, 0.2) is 18.5 Å². The fraction of sp³-hybridized carbons (Fsp3) is 0.250. The third-order valence-electron chi connectivity index (χ3n) is 3.70. The fourth-order valence-corrected chi connectivity index (χ4v) is 3.49. The van der Waals surface area contributed by atoms with Crippen molar-refractivity contribution in [3.05, 3.63) is 39.5 Å². The number of methoxy groups -OCH3 is 1. The number of hydrogen-bond donors (Lipinski definition) is 1. The highest BCUT2D eigenvalue weighted by Crippen LogP contribution is 2.37. The van der Waals surface area contributed by atoms with Crippen molar-refractivity contribution in [3.63, 3.8) is 0 Å². The van der Waals surface area contributed by atoms with Gasteiger partial charge in [-0.3, -0.25) is 0 Å². The molecule has 0 bridgehead atoms. The summed E-state index contributed by atoms with van der Waals surface area (Å²) in [5.74, 6) is 1.47. The van der Waals surface area contributed by atoms with E-state index >= 15 is 0 Å². The molecule has 0 amide bonds. The lowest BCUT2D eigenvalue weighted by atomic mass is 10.2. The number of halogens is 1. The maximum Gasteiger partial charge on any atom is 0.143 e. The summed E-state index contributed by atoms with van der Waals surface area (Å²) in [7, 11) is 1.63. The highest BCUT2D eigenvalue weighted by Gasteiger charge is 2.14. The quantitative estimate of drug-likeness (QED) is 0.730. The molecule has 0 radical (unpaired) electrons. The van der Waals surface area contributed by atoms with E-state index in [1.165, 1.54) is 10.4 Å². The Morgan fingerprint density at radius 1 is 1.18 bits per heavy atom. The maximum absolute atomic E-state index is 6.16. The van der Waals surface area contributed by atoms with Crippen LogP contribution < -0.4 is 10.1 Å². The van der Waals surface area contributed by atoms with Crippen LogP contribution in [0.25, 0.3) is 10.2 Å². The van der Waals surface area contributed by atoms with E-state index < -0.39 is 0 Å². The highest BCUT2D eigenvalue weighted by molar-refractivity contribution is 7.18. The second-order valence-electron chi connectivity index (χ2n) is 5.11. The molecule has 2 heterocycles. The molecule has 0 aliphatic carbocycles. The van der Waals surface area contributed by atoms with Crippen LogP contribution in [0.5, 0.6) is 5.75 Å². The number of nitrogens with zero attached hydrogens (tertiary/aromatic N) is 2. The van der Waals surface area contributed by atoms with E-state index in [0.29, 0.717) is 10.8 Å². The zero-order valence-corrected chi connectivity index (χ0v) is 14.4. The van der Waals surface area contributed by atoms with Crippen molar-refractivity contribution in [1.29, 1.82) is 0 Å². The van der Waals surface area contributed by atoms with Crippen LogP contribution in [0, 0.1) is 20.8 Å². The molecule has 3 rings (SSSR count). The van der Waals surface area contributed by atoms with Crippen molar-refractivity contribution in [2.24, 2.45) is 0 Å². The van der Waals surface area contributed by atoms with Gasteiger partial charge in [0.15, 0.2) is 0 Å². The van der Waals surface area contributed by atoms with E-state index in [2.05, 4.69) is 29.1 Å². The summed E-state index contributed by atoms with van der Waals surface area (Å²) >= 11 is 7.83. The molecule has 0 fully saturated rings. The first kappa shape index (κ1) is 15.1. The molecule has 0 unspecified atom stereocenters. The summed E-state index contributed by atoms with van der Waals surface area (Å²) in [6.45, 7) is 6.15. The molecule has 2 aromatic heterocycles. The Hall–Kier alpha value is -1.85. The van der Waals surface area contributed by atoms with Gasteiger partial charge in [-0.05, 0) is 38.0 Å². The lowest BCUT2D eigenvalue weighted by Crippen LogP contribution is -1.99. The Labute approximate surface area is 138 Å². The molecule has 1 aromatic carbocycles. The van der Waals surface area contributed by atoms with E-state index in [1.807, 2.05) is 19.1 Å². The minimum Gasteiger partial charge on any atom is -0.495 e. The summed E-state index contributed by atoms with van der Waals surface area (Å²) in [5, 5.41) is 5.09. The van der Waals surface area contributed by atoms with Gasteiger partial charge in [-0.25, -0.2) is 9.97 Å². The molecule has 0 saturated heterocycles. The maximum atomic E-state index is 6.16. The topological polar surface area (TPSA) is 47.0 Å². The van der Waals surface area contributed by atoms with Crippen LogP contribution in [0.1, 0.15) is 16.0 Å². The normalized spacial score (nSPS) is 11.0. The van der Waals surface area contributed by atoms with E-state index in [4.69, 9.17) is 16.3 Å². The third kappa shape index (κ3) is 2.51. The predicted octanol–water partition coefficient (Wildman–Crippen LogP) is 5.02. The van der Waals surface area contributed by atoms with Crippen LogP contribution in [0.2, 0.25) is 5.02 Å². The van der Waals surface area contributed by atoms with Crippen LogP contribution in [0.3, 0.4) is 0 Å². The first-order valence-electron chi connectivity index (χ1n) is 6.83. The molecule has 3 aromatic rings. The van der Waals surface area contributed by atoms with Crippen molar-refractivity contribution in [1.82, 2.24) is 9.97 Å². The monoisotopic (exact) mass is 333 g/mol. The summed E-state index contributed by atoms with van der Waals surface area (Å²) in [6, 6.07) is 3.77. The number of aryl methyl sites for hydroxylation is 3. The van der Waals surface area contributed by atoms with E-state index in [9.17, 15) is 0 Å². The molecule has 4 nitrogen and oxygen atoms in total. The van der Waals surface area contributed by atoms with E-state index in [1.54, 1.807) is 24.8 Å². The summed E-state index contributed by atoms with van der Waals surface area (Å²) in [6.07, 6.45) is 1.58. The van der Waals surface area contributed by atoms with Crippen molar-refractivity contribution >= 4 is 44.7 Å². The number of ether oxygens (including phenoxy) is 1. The van der Waals surface area contributed by atoms with E-state index in [0.717, 1.165) is 27.3 Å². The van der Waals surface area contributed by atoms with E-state index in [-0.39, 0.29) is 0 Å². The molecule has 114 valence electrons. The summed E-state index contributed by atoms with van der Waals surface area (Å²) in [4.78, 5) is 11.0. The molecule has 0 aliphatic heterocycles. The van der Waals surface area contributed by atoms with Gasteiger partial charge in [0, 0.05) is 16.0 Å². The number of thiophene rings is 1. The number of nitrogens with one attached hydrogen (secondary N) is 1. The second-order valence-corrected chi connectivity index (χ2v) is 6.72. The Morgan fingerprint density at radius 2 is 1.95 bits per heavy atom. The summed E-state index contributed by atoms with van der Waals surface area (Å²) < 4.78 is 5.41. The minimum atomic E-state index is 0.679. The number of hydrogen-bond acceptors (Lipinski definition) is 5. The first-order valence-corrected chi connectivity index (χ1v) is 8.02. The van der Waals surface area contributed by atoms with Gasteiger partial charge in [0.2, 0.25) is 0 Å². The van der Waals surface area contributed by atoms with Crippen molar-refractivity contribution in [2.75, 3.05) is 12.4 Å². The van der Waals surface area contributed by atoms with Crippen LogP contribution in [-0.2, 0) is 0 Å². The van der Waals surface area contributed by atoms with Gasteiger partial charge in [0.25, 0.3) is 0 Å². The standard InChI is InChI=1S/C16H16ClN3OS/c1-8-5-12(13(21-4)6-11(8)17)20-15-14-9(2)10(3)22-16(14)19-7-18-15/h5-7H,1-4H3,(H,18,19,20). The lowest BCUT2D eigenvalue weighted by Gasteiger charge is -2.13. The first-order chi connectivity index (χ1) is 10.5. The molecule has 0 aliphatic rings. The summed E-state index contributed by atoms with van der Waals surface area (Å²) in [5.41, 5.74) is 3.02. The molecule has 0 saturated carbocycles. The minimum absolute atomic E-state index is 0.679. The largest absolute Gasteiger partial charge is 0.495 e. The number of fused-ring (bicyclic) bond motifs is 1. The SMILES string of the molecule is COc1cc(Cl)c(C)cc1Nc1ncnc2sc(C)c(C)c12. The van der Waals surface area contributed by atoms with Gasteiger partial charge in [-0.15, -0.1) is 11.3 Å². The van der Waals surface area contributed by atoms with Crippen LogP contribution in [-0.4, -0.2) is 17.1 Å². The Morgan fingerprint density at radius 3 is 2.68 bits per heavy atom. The van der Waals surface area contributed by atoms with Crippen molar-refractivity contribution in [2.45, 2.75) is 20.8 Å². The van der Waals surface area contributed by atoms with Gasteiger partial charge >= 0.3 is 0 Å². The van der Waals surface area contributed by atoms with Gasteiger partial charge in [-0.2, -0.15) is 0 Å². The average Bonchev–Trinajstić information content (AvgIpc) is 2.78. The van der Waals surface area contributed by atoms with Crippen LogP contribution >= 0.6 is 22.9 Å². The predicted molar refractivity (Wildman–Crippen MR) is 92.9 cm³/mol. The van der Waals surface area contributed by atoms with Gasteiger partial charge in [0.1, 0.15) is 22.7 Å². The third-order valence-corrected chi connectivity index (χ3v) is 5.22. The second kappa shape index (κ2) is 5.74. The highest BCUT2D eigenvalue weighted by atomic mass is 35.5. The zero-order chi connectivity index (χ0) is 15.9. The molecular formula is C16H16ClN3OS. The molecule has 22 heavy (non-hydrogen) atoms. The number of anilines is 2. The van der Waals surface area contributed by atoms with Gasteiger partial charge in [0.05, 0.1) is 18.2 Å². The Bertz CT molecular complexity index is 860. The van der Waals surface area contributed by atoms with Crippen molar-refractivity contribution < 1.29 is 4.74 Å². The van der Waals surface area contributed by atoms with Gasteiger partial charge in [-0.1, -0.05) is 11.6 Å². The Kier molecular flexibility index (Phi) is 3.93. The fourth-order valence-electron chi connectivity index (χ4n) is 2.33. The molecule has 0 atom stereocenters. The van der Waals surface area contributed by atoms with Crippen molar-refractivity contribution in [3.8, 4) is 5.75 Å². The average molecular weight is 334 g/mol. The number of rotatable bonds is 3. The molecule has 1 N–H and O–H groups in total. The van der Waals surface area contributed by atoms with Crippen LogP contribution in [0.4, 0.5) is 11.5 Å².